The molecule has 0 aromatic heterocycles. The highest BCUT2D eigenvalue weighted by Crippen LogP contribution is 2.40. The standard InChI is InChI=1S/C24H30FNO2/c1-24(2)16-20(13-15-28-24)23(19-6-8-21(25)9-7-19)12-14-26-17-18-4-10-22(27-3)11-5-18/h4-11,17,20,23H,12-16H2,1-3H3/t20-,23+/m0/s1. The minimum atomic E-state index is -0.188. The van der Waals surface area contributed by atoms with Crippen molar-refractivity contribution in [3.8, 4) is 5.75 Å². The first-order chi connectivity index (χ1) is 13.5. The third-order valence-electron chi connectivity index (χ3n) is 5.53. The minimum Gasteiger partial charge on any atom is -0.497 e. The lowest BCUT2D eigenvalue weighted by Gasteiger charge is -2.39. The molecule has 1 heterocycles. The summed E-state index contributed by atoms with van der Waals surface area (Å²) in [5.74, 6) is 1.53. The van der Waals surface area contributed by atoms with Gasteiger partial charge in [0.1, 0.15) is 11.6 Å². The van der Waals surface area contributed by atoms with Gasteiger partial charge in [-0.1, -0.05) is 12.1 Å². The average molecular weight is 384 g/mol. The average Bonchev–Trinajstić information content (AvgIpc) is 2.69. The molecule has 2 atom stereocenters. The summed E-state index contributed by atoms with van der Waals surface area (Å²) in [7, 11) is 1.66. The Hall–Kier alpha value is -2.20. The molecule has 0 aliphatic carbocycles. The van der Waals surface area contributed by atoms with E-state index >= 15 is 0 Å². The summed E-state index contributed by atoms with van der Waals surface area (Å²) in [4.78, 5) is 4.64. The minimum absolute atomic E-state index is 0.104. The molecule has 3 rings (SSSR count). The highest BCUT2D eigenvalue weighted by molar-refractivity contribution is 5.79. The maximum Gasteiger partial charge on any atom is 0.123 e. The van der Waals surface area contributed by atoms with E-state index in [9.17, 15) is 4.39 Å². The van der Waals surface area contributed by atoms with Crippen molar-refractivity contribution in [3.05, 3.63) is 65.5 Å². The predicted molar refractivity (Wildman–Crippen MR) is 112 cm³/mol. The maximum absolute atomic E-state index is 13.4. The van der Waals surface area contributed by atoms with Crippen LogP contribution in [-0.4, -0.2) is 32.1 Å². The fourth-order valence-corrected chi connectivity index (χ4v) is 4.08. The van der Waals surface area contributed by atoms with Gasteiger partial charge < -0.3 is 9.47 Å². The lowest BCUT2D eigenvalue weighted by Crippen LogP contribution is -2.36. The largest absolute Gasteiger partial charge is 0.497 e. The van der Waals surface area contributed by atoms with E-state index in [2.05, 4.69) is 18.8 Å². The summed E-state index contributed by atoms with van der Waals surface area (Å²) in [6.45, 7) is 5.84. The second kappa shape index (κ2) is 9.33. The number of methoxy groups -OCH3 is 1. The van der Waals surface area contributed by atoms with Crippen LogP contribution in [0.5, 0.6) is 5.75 Å². The van der Waals surface area contributed by atoms with Crippen LogP contribution in [0.3, 0.4) is 0 Å². The molecule has 1 saturated heterocycles. The summed E-state index contributed by atoms with van der Waals surface area (Å²) in [5.41, 5.74) is 2.16. The Morgan fingerprint density at radius 3 is 2.54 bits per heavy atom. The van der Waals surface area contributed by atoms with Gasteiger partial charge in [-0.05, 0) is 92.5 Å². The third kappa shape index (κ3) is 5.65. The molecule has 2 aromatic rings. The van der Waals surface area contributed by atoms with Crippen LogP contribution in [-0.2, 0) is 4.74 Å². The van der Waals surface area contributed by atoms with E-state index in [0.29, 0.717) is 11.8 Å². The van der Waals surface area contributed by atoms with E-state index in [1.54, 1.807) is 19.2 Å². The van der Waals surface area contributed by atoms with E-state index in [0.717, 1.165) is 43.7 Å². The molecule has 0 unspecified atom stereocenters. The molecular weight excluding hydrogens is 353 g/mol. The molecule has 0 amide bonds. The molecule has 2 aromatic carbocycles. The molecule has 3 nitrogen and oxygen atoms in total. The first-order valence-corrected chi connectivity index (χ1v) is 10.0. The van der Waals surface area contributed by atoms with Gasteiger partial charge in [-0.15, -0.1) is 0 Å². The van der Waals surface area contributed by atoms with E-state index in [1.807, 2.05) is 42.6 Å². The highest BCUT2D eigenvalue weighted by Gasteiger charge is 2.33. The van der Waals surface area contributed by atoms with E-state index < -0.39 is 0 Å². The molecule has 28 heavy (non-hydrogen) atoms. The summed E-state index contributed by atoms with van der Waals surface area (Å²) < 4.78 is 24.5. The van der Waals surface area contributed by atoms with E-state index in [-0.39, 0.29) is 11.4 Å². The van der Waals surface area contributed by atoms with Crippen LogP contribution in [0, 0.1) is 11.7 Å². The van der Waals surface area contributed by atoms with Crippen LogP contribution in [0.25, 0.3) is 0 Å². The number of halogens is 1. The van der Waals surface area contributed by atoms with E-state index in [1.165, 1.54) is 5.56 Å². The monoisotopic (exact) mass is 383 g/mol. The van der Waals surface area contributed by atoms with Crippen molar-refractivity contribution in [1.82, 2.24) is 0 Å². The molecule has 0 N–H and O–H groups in total. The number of hydrogen-bond acceptors (Lipinski definition) is 3. The molecule has 4 heteroatoms. The number of nitrogens with zero attached hydrogens (tertiary/aromatic N) is 1. The van der Waals surface area contributed by atoms with Crippen molar-refractivity contribution in [1.29, 1.82) is 0 Å². The van der Waals surface area contributed by atoms with Crippen LogP contribution in [0.15, 0.2) is 53.5 Å². The Labute approximate surface area is 167 Å². The molecule has 0 radical (unpaired) electrons. The van der Waals surface area contributed by atoms with Crippen molar-refractivity contribution < 1.29 is 13.9 Å². The normalized spacial score (nSPS) is 20.2. The van der Waals surface area contributed by atoms with Gasteiger partial charge in [0, 0.05) is 19.4 Å². The van der Waals surface area contributed by atoms with Gasteiger partial charge in [-0.2, -0.15) is 0 Å². The number of ether oxygens (including phenoxy) is 2. The zero-order chi connectivity index (χ0) is 20.0. The lowest BCUT2D eigenvalue weighted by molar-refractivity contribution is -0.0771. The fourth-order valence-electron chi connectivity index (χ4n) is 4.08. The summed E-state index contributed by atoms with van der Waals surface area (Å²) in [6.07, 6.45) is 4.90. The van der Waals surface area contributed by atoms with Crippen LogP contribution in [0.2, 0.25) is 0 Å². The number of hydrogen-bond donors (Lipinski definition) is 0. The molecule has 1 aliphatic rings. The Balaban J connectivity index is 1.68. The molecular formula is C24H30FNO2. The number of benzene rings is 2. The summed E-state index contributed by atoms with van der Waals surface area (Å²) in [5, 5.41) is 0. The zero-order valence-corrected chi connectivity index (χ0v) is 17.0. The topological polar surface area (TPSA) is 30.8 Å². The number of rotatable bonds is 7. The first-order valence-electron chi connectivity index (χ1n) is 10.0. The van der Waals surface area contributed by atoms with E-state index in [4.69, 9.17) is 9.47 Å². The predicted octanol–water partition coefficient (Wildman–Crippen LogP) is 5.63. The third-order valence-corrected chi connectivity index (χ3v) is 5.53. The molecule has 0 saturated carbocycles. The van der Waals surface area contributed by atoms with Gasteiger partial charge in [-0.3, -0.25) is 4.99 Å². The molecule has 150 valence electrons. The van der Waals surface area contributed by atoms with Gasteiger partial charge in [0.2, 0.25) is 0 Å². The smallest absolute Gasteiger partial charge is 0.123 e. The second-order valence-electron chi connectivity index (χ2n) is 8.12. The number of aliphatic imine (C=N–C) groups is 1. The maximum atomic E-state index is 13.4. The summed E-state index contributed by atoms with van der Waals surface area (Å²) in [6, 6.07) is 14.9. The van der Waals surface area contributed by atoms with Gasteiger partial charge in [0.15, 0.2) is 0 Å². The van der Waals surface area contributed by atoms with Gasteiger partial charge in [0.05, 0.1) is 12.7 Å². The van der Waals surface area contributed by atoms with Crippen LogP contribution in [0.4, 0.5) is 4.39 Å². The Bertz CT molecular complexity index is 768. The SMILES string of the molecule is COc1ccc(C=NCC[C@H](c2ccc(F)cc2)[C@H]2CCOC(C)(C)C2)cc1. The van der Waals surface area contributed by atoms with Crippen molar-refractivity contribution in [2.24, 2.45) is 10.9 Å². The van der Waals surface area contributed by atoms with Gasteiger partial charge in [0.25, 0.3) is 0 Å². The molecule has 1 fully saturated rings. The van der Waals surface area contributed by atoms with Crippen LogP contribution < -0.4 is 4.74 Å². The molecule has 0 bridgehead atoms. The molecule has 1 aliphatic heterocycles. The van der Waals surface area contributed by atoms with Gasteiger partial charge in [-0.25, -0.2) is 4.39 Å². The van der Waals surface area contributed by atoms with Gasteiger partial charge >= 0.3 is 0 Å². The van der Waals surface area contributed by atoms with Crippen molar-refractivity contribution in [2.45, 2.75) is 44.6 Å². The van der Waals surface area contributed by atoms with Crippen molar-refractivity contribution in [2.75, 3.05) is 20.3 Å². The second-order valence-corrected chi connectivity index (χ2v) is 8.12. The first kappa shape index (κ1) is 20.5. The Kier molecular flexibility index (Phi) is 6.84. The van der Waals surface area contributed by atoms with Crippen molar-refractivity contribution in [3.63, 3.8) is 0 Å². The zero-order valence-electron chi connectivity index (χ0n) is 17.0. The Morgan fingerprint density at radius 1 is 1.18 bits per heavy atom. The van der Waals surface area contributed by atoms with Crippen LogP contribution in [0.1, 0.15) is 50.2 Å². The fraction of sp³-hybridized carbons (Fsp3) is 0.458. The van der Waals surface area contributed by atoms with Crippen molar-refractivity contribution >= 4 is 6.21 Å². The molecule has 0 spiro atoms. The highest BCUT2D eigenvalue weighted by atomic mass is 19.1. The van der Waals surface area contributed by atoms with Crippen LogP contribution >= 0.6 is 0 Å². The lowest BCUT2D eigenvalue weighted by atomic mass is 9.75. The quantitative estimate of drug-likeness (QED) is 0.580. The summed E-state index contributed by atoms with van der Waals surface area (Å²) >= 11 is 0. The Morgan fingerprint density at radius 2 is 1.89 bits per heavy atom.